The van der Waals surface area contributed by atoms with E-state index < -0.39 is 76.4 Å². The Labute approximate surface area is 378 Å². The van der Waals surface area contributed by atoms with E-state index in [2.05, 4.69) is 0 Å². The van der Waals surface area contributed by atoms with Gasteiger partial charge >= 0.3 is 12.4 Å². The van der Waals surface area contributed by atoms with Crippen LogP contribution < -0.4 is 30.3 Å². The SMILES string of the molecule is Cc1cccc(Oc2ccc(P(=O)(c3ccccc3)c3ccccc3)c(Oc3cccc(N4C(=O)c5ccc(C(c6ccc7c(c6)C(=O)N(C)C7=O)(C(F)(F)F)C(F)(F)F)cc5C4=O)c3)c2)c1. The molecule has 0 saturated heterocycles. The van der Waals surface area contributed by atoms with E-state index in [-0.39, 0.29) is 28.1 Å². The summed E-state index contributed by atoms with van der Waals surface area (Å²) in [6.07, 6.45) is -12.3. The van der Waals surface area contributed by atoms with E-state index in [1.54, 1.807) is 78.9 Å². The van der Waals surface area contributed by atoms with Crippen LogP contribution in [0.5, 0.6) is 23.0 Å². The average molecular weight is 931 g/mol. The molecule has 0 aliphatic carbocycles. The van der Waals surface area contributed by atoms with Crippen molar-refractivity contribution in [2.24, 2.45) is 0 Å². The van der Waals surface area contributed by atoms with Gasteiger partial charge in [0.1, 0.15) is 23.0 Å². The van der Waals surface area contributed by atoms with E-state index in [0.717, 1.165) is 18.7 Å². The molecule has 0 aromatic heterocycles. The van der Waals surface area contributed by atoms with Crippen molar-refractivity contribution in [2.45, 2.75) is 24.7 Å². The van der Waals surface area contributed by atoms with Crippen molar-refractivity contribution in [3.63, 3.8) is 0 Å². The van der Waals surface area contributed by atoms with E-state index in [1.807, 2.05) is 25.1 Å². The molecule has 9 rings (SSSR count). The van der Waals surface area contributed by atoms with Gasteiger partial charge in [-0.05, 0) is 84.3 Å². The van der Waals surface area contributed by atoms with Crippen LogP contribution in [-0.2, 0) is 9.98 Å². The van der Waals surface area contributed by atoms with Gasteiger partial charge in [0, 0.05) is 29.8 Å². The monoisotopic (exact) mass is 930 g/mol. The summed E-state index contributed by atoms with van der Waals surface area (Å²) in [5, 5.41) is 1.21. The second-order valence-corrected chi connectivity index (χ2v) is 18.5. The van der Waals surface area contributed by atoms with Gasteiger partial charge in [-0.3, -0.25) is 24.1 Å². The van der Waals surface area contributed by atoms with Crippen molar-refractivity contribution in [1.82, 2.24) is 4.90 Å². The Hall–Kier alpha value is -7.77. The first-order valence-corrected chi connectivity index (χ1v) is 22.1. The van der Waals surface area contributed by atoms with Crippen LogP contribution in [-0.4, -0.2) is 47.9 Å². The van der Waals surface area contributed by atoms with Crippen LogP contribution in [0.3, 0.4) is 0 Å². The Bertz CT molecular complexity index is 3170. The quantitative estimate of drug-likeness (QED) is 0.0763. The molecule has 2 aliphatic rings. The Kier molecular flexibility index (Phi) is 10.8. The van der Waals surface area contributed by atoms with Gasteiger partial charge in [-0.15, -0.1) is 0 Å². The molecule has 7 aromatic carbocycles. The summed E-state index contributed by atoms with van der Waals surface area (Å²) < 4.78 is 120. The zero-order valence-corrected chi connectivity index (χ0v) is 36.0. The van der Waals surface area contributed by atoms with Crippen molar-refractivity contribution >= 4 is 52.4 Å². The van der Waals surface area contributed by atoms with Crippen molar-refractivity contribution in [1.29, 1.82) is 0 Å². The number of amides is 4. The lowest BCUT2D eigenvalue weighted by molar-refractivity contribution is -0.288. The number of hydrogen-bond acceptors (Lipinski definition) is 7. The minimum atomic E-state index is -6.13. The maximum Gasteiger partial charge on any atom is 0.411 e. The summed E-state index contributed by atoms with van der Waals surface area (Å²) in [5.41, 5.74) is -9.23. The third kappa shape index (κ3) is 7.26. The highest BCUT2D eigenvalue weighted by atomic mass is 31.2. The molecule has 0 saturated carbocycles. The Morgan fingerprint density at radius 2 is 0.970 bits per heavy atom. The molecule has 0 spiro atoms. The molecule has 16 heteroatoms. The number of ether oxygens (including phenoxy) is 2. The first-order valence-electron chi connectivity index (χ1n) is 20.4. The Balaban J connectivity index is 1.12. The molecule has 336 valence electrons. The maximum atomic E-state index is 15.6. The molecule has 0 N–H and O–H groups in total. The van der Waals surface area contributed by atoms with Gasteiger partial charge in [0.25, 0.3) is 23.6 Å². The minimum Gasteiger partial charge on any atom is -0.457 e. The lowest BCUT2D eigenvalue weighted by Crippen LogP contribution is -2.55. The molecule has 0 bridgehead atoms. The summed E-state index contributed by atoms with van der Waals surface area (Å²) >= 11 is 0. The molecule has 9 nitrogen and oxygen atoms in total. The van der Waals surface area contributed by atoms with Crippen molar-refractivity contribution in [2.75, 3.05) is 11.9 Å². The lowest BCUT2D eigenvalue weighted by Gasteiger charge is -2.38. The molecule has 2 aliphatic heterocycles. The summed E-state index contributed by atoms with van der Waals surface area (Å²) in [5.74, 6) is -3.44. The summed E-state index contributed by atoms with van der Waals surface area (Å²) in [6.45, 7) is 1.89. The van der Waals surface area contributed by atoms with Gasteiger partial charge < -0.3 is 14.0 Å². The van der Waals surface area contributed by atoms with E-state index in [9.17, 15) is 19.2 Å². The number of anilines is 1. The molecule has 0 fully saturated rings. The standard InChI is InChI=1S/C51H33F6N2O7P/c1-30-11-9-13-34(25-30)65-36-21-24-44(67(64,37-15-5-3-6-16-37)38-17-7-4-8-18-38)43(29-36)66-35-14-10-12-33(28-35)59-47(62)40-23-20-32(27-42(40)48(59)63)49(50(52,53)54,51(55,56)57)31-19-22-39-41(26-31)46(61)58(2)45(39)60/h3-29H,1-2H3. The number of aryl methyl sites for hydroxylation is 1. The third-order valence-corrected chi connectivity index (χ3v) is 14.8. The number of carbonyl (C=O) groups is 4. The number of alkyl halides is 6. The number of fused-ring (bicyclic) bond motifs is 2. The van der Waals surface area contributed by atoms with Crippen LogP contribution in [0.2, 0.25) is 0 Å². The summed E-state index contributed by atoms with van der Waals surface area (Å²) in [6, 6.07) is 38.1. The zero-order chi connectivity index (χ0) is 47.6. The third-order valence-electron chi connectivity index (χ3n) is 11.7. The summed E-state index contributed by atoms with van der Waals surface area (Å²) in [7, 11) is -2.69. The van der Waals surface area contributed by atoms with Crippen LogP contribution in [0.4, 0.5) is 32.0 Å². The molecule has 7 aromatic rings. The molecule has 4 amide bonds. The highest BCUT2D eigenvalue weighted by Gasteiger charge is 2.73. The molecule has 67 heavy (non-hydrogen) atoms. The number of carbonyl (C=O) groups excluding carboxylic acids is 4. The largest absolute Gasteiger partial charge is 0.457 e. The predicted octanol–water partition coefficient (Wildman–Crippen LogP) is 10.7. The normalized spacial score (nSPS) is 14.1. The second kappa shape index (κ2) is 16.3. The average Bonchev–Trinajstić information content (AvgIpc) is 3.67. The fourth-order valence-electron chi connectivity index (χ4n) is 8.52. The van der Waals surface area contributed by atoms with Gasteiger partial charge in [-0.1, -0.05) is 91.0 Å². The van der Waals surface area contributed by atoms with Gasteiger partial charge in [-0.2, -0.15) is 26.3 Å². The zero-order valence-electron chi connectivity index (χ0n) is 35.1. The Morgan fingerprint density at radius 3 is 1.54 bits per heavy atom. The topological polar surface area (TPSA) is 110 Å². The molecule has 0 atom stereocenters. The van der Waals surface area contributed by atoms with Crippen molar-refractivity contribution in [3.8, 4) is 23.0 Å². The molecule has 2 heterocycles. The van der Waals surface area contributed by atoms with E-state index in [4.69, 9.17) is 9.47 Å². The molecular weight excluding hydrogens is 898 g/mol. The van der Waals surface area contributed by atoms with Crippen molar-refractivity contribution < 1.29 is 59.6 Å². The predicted molar refractivity (Wildman–Crippen MR) is 237 cm³/mol. The number of rotatable bonds is 10. The Morgan fingerprint density at radius 1 is 0.478 bits per heavy atom. The van der Waals surface area contributed by atoms with Crippen LogP contribution in [0, 0.1) is 6.92 Å². The molecular formula is C51H33F6N2O7P. The van der Waals surface area contributed by atoms with Crippen LogP contribution in [0.15, 0.2) is 164 Å². The lowest BCUT2D eigenvalue weighted by atomic mass is 9.71. The fraction of sp³-hybridized carbons (Fsp3) is 0.0980. The van der Waals surface area contributed by atoms with Gasteiger partial charge in [-0.25, -0.2) is 4.90 Å². The number of imide groups is 2. The molecule has 0 radical (unpaired) electrons. The number of benzene rings is 7. The second-order valence-electron chi connectivity index (χ2n) is 15.8. The first-order chi connectivity index (χ1) is 31.8. The van der Waals surface area contributed by atoms with Crippen molar-refractivity contribution in [3.05, 3.63) is 203 Å². The van der Waals surface area contributed by atoms with Gasteiger partial charge in [0.15, 0.2) is 7.14 Å². The number of hydrogen-bond donors (Lipinski definition) is 0. The highest BCUT2D eigenvalue weighted by molar-refractivity contribution is 7.85. The highest BCUT2D eigenvalue weighted by Crippen LogP contribution is 2.57. The number of halogens is 6. The van der Waals surface area contributed by atoms with Crippen LogP contribution in [0.25, 0.3) is 0 Å². The van der Waals surface area contributed by atoms with E-state index in [1.165, 1.54) is 30.3 Å². The smallest absolute Gasteiger partial charge is 0.411 e. The van der Waals surface area contributed by atoms with E-state index >= 15 is 30.9 Å². The van der Waals surface area contributed by atoms with Crippen LogP contribution >= 0.6 is 7.14 Å². The number of nitrogens with zero attached hydrogens (tertiary/aromatic N) is 2. The minimum absolute atomic E-state index is 0.000169. The van der Waals surface area contributed by atoms with E-state index in [0.29, 0.717) is 62.2 Å². The fourth-order valence-corrected chi connectivity index (χ4v) is 11.3. The summed E-state index contributed by atoms with van der Waals surface area (Å²) in [4.78, 5) is 54.5. The van der Waals surface area contributed by atoms with Gasteiger partial charge in [0.05, 0.1) is 33.2 Å². The molecule has 0 unspecified atom stereocenters. The maximum absolute atomic E-state index is 15.6. The van der Waals surface area contributed by atoms with Gasteiger partial charge in [0.2, 0.25) is 5.41 Å². The first kappa shape index (κ1) is 44.4. The van der Waals surface area contributed by atoms with Crippen LogP contribution in [0.1, 0.15) is 58.1 Å².